The van der Waals surface area contributed by atoms with Crippen LogP contribution in [-0.4, -0.2) is 18.7 Å². The van der Waals surface area contributed by atoms with Crippen molar-refractivity contribution in [3.8, 4) is 11.1 Å². The Hall–Kier alpha value is -2.54. The maximum absolute atomic E-state index is 12.8. The van der Waals surface area contributed by atoms with Crippen molar-refractivity contribution in [1.29, 1.82) is 0 Å². The lowest BCUT2D eigenvalue weighted by molar-refractivity contribution is 0.0379. The van der Waals surface area contributed by atoms with E-state index in [0.29, 0.717) is 5.56 Å². The van der Waals surface area contributed by atoms with Gasteiger partial charge in [-0.3, -0.25) is 0 Å². The first-order valence-electron chi connectivity index (χ1n) is 10.6. The van der Waals surface area contributed by atoms with E-state index < -0.39 is 0 Å². The van der Waals surface area contributed by atoms with E-state index in [4.69, 9.17) is 4.74 Å². The molecule has 0 aliphatic carbocycles. The number of hydrogen-bond donors (Lipinski definition) is 0. The molecule has 2 aliphatic heterocycles. The van der Waals surface area contributed by atoms with Gasteiger partial charge < -0.3 is 14.5 Å². The molecule has 0 aromatic heterocycles. The second-order valence-electron chi connectivity index (χ2n) is 8.61. The molecule has 3 aromatic rings. The van der Waals surface area contributed by atoms with Crippen LogP contribution in [0.15, 0.2) is 54.6 Å². The topological polar surface area (TPSA) is 32.8 Å². The number of carbonyl (C=O) groups excluding carboxylic acids is 1. The maximum Gasteiger partial charge on any atom is 0.339 e. The molecular formula is C26H25IN2O2. The van der Waals surface area contributed by atoms with Crippen LogP contribution in [-0.2, 0) is 17.8 Å². The van der Waals surface area contributed by atoms with Gasteiger partial charge in [0.25, 0.3) is 0 Å². The summed E-state index contributed by atoms with van der Waals surface area (Å²) >= 11 is 2.38. The fraction of sp³-hybridized carbons (Fsp3) is 0.269. The lowest BCUT2D eigenvalue weighted by Crippen LogP contribution is -2.46. The fourth-order valence-corrected chi connectivity index (χ4v) is 5.26. The van der Waals surface area contributed by atoms with Crippen LogP contribution in [0.1, 0.15) is 40.9 Å². The zero-order valence-electron chi connectivity index (χ0n) is 18.0. The van der Waals surface area contributed by atoms with Crippen molar-refractivity contribution in [1.82, 2.24) is 0 Å². The third-order valence-corrected chi connectivity index (χ3v) is 6.66. The van der Waals surface area contributed by atoms with Crippen molar-refractivity contribution in [2.75, 3.05) is 16.5 Å². The summed E-state index contributed by atoms with van der Waals surface area (Å²) in [5.41, 5.74) is 9.02. The first-order chi connectivity index (χ1) is 14.9. The zero-order valence-corrected chi connectivity index (χ0v) is 20.1. The summed E-state index contributed by atoms with van der Waals surface area (Å²) in [6, 6.07) is 19.2. The van der Waals surface area contributed by atoms with Crippen LogP contribution in [0.3, 0.4) is 0 Å². The molecule has 158 valence electrons. The van der Waals surface area contributed by atoms with Crippen molar-refractivity contribution in [2.45, 2.75) is 40.0 Å². The maximum atomic E-state index is 12.8. The van der Waals surface area contributed by atoms with Gasteiger partial charge in [-0.05, 0) is 108 Å². The van der Waals surface area contributed by atoms with E-state index >= 15 is 0 Å². The summed E-state index contributed by atoms with van der Waals surface area (Å²) in [5, 5.41) is 0. The van der Waals surface area contributed by atoms with Crippen LogP contribution in [0.5, 0.6) is 0 Å². The standard InChI is InChI=1S/C26H25IN2O2/c1-16(2)31-26(30)22-6-4-5-17(3)25(22)18-7-9-23-19(11-18)13-28-15-29(23)14-20-12-21(27)8-10-24(20)28/h4-12,16H,13-15H2,1-3H3. The Morgan fingerprint density at radius 1 is 0.968 bits per heavy atom. The van der Waals surface area contributed by atoms with Gasteiger partial charge in [-0.2, -0.15) is 0 Å². The van der Waals surface area contributed by atoms with Crippen LogP contribution in [0.25, 0.3) is 11.1 Å². The Morgan fingerprint density at radius 3 is 2.35 bits per heavy atom. The second-order valence-corrected chi connectivity index (χ2v) is 9.85. The number of carbonyl (C=O) groups is 1. The number of hydrogen-bond acceptors (Lipinski definition) is 4. The minimum atomic E-state index is -0.265. The fourth-order valence-electron chi connectivity index (χ4n) is 4.70. The van der Waals surface area contributed by atoms with Crippen LogP contribution in [0, 0.1) is 10.5 Å². The van der Waals surface area contributed by atoms with E-state index in [0.717, 1.165) is 36.4 Å². The van der Waals surface area contributed by atoms with E-state index in [9.17, 15) is 4.79 Å². The zero-order chi connectivity index (χ0) is 21.7. The number of anilines is 2. The predicted molar refractivity (Wildman–Crippen MR) is 134 cm³/mol. The molecule has 0 radical (unpaired) electrons. The van der Waals surface area contributed by atoms with Crippen molar-refractivity contribution >= 4 is 39.9 Å². The molecule has 0 saturated heterocycles. The molecule has 0 unspecified atom stereocenters. The number of fused-ring (bicyclic) bond motifs is 6. The molecule has 0 atom stereocenters. The van der Waals surface area contributed by atoms with Crippen molar-refractivity contribution in [3.63, 3.8) is 0 Å². The van der Waals surface area contributed by atoms with Crippen molar-refractivity contribution in [3.05, 3.63) is 80.4 Å². The minimum Gasteiger partial charge on any atom is -0.459 e. The van der Waals surface area contributed by atoms with E-state index in [1.807, 2.05) is 26.0 Å². The van der Waals surface area contributed by atoms with Gasteiger partial charge in [0.1, 0.15) is 0 Å². The average molecular weight is 524 g/mol. The Balaban J connectivity index is 1.55. The van der Waals surface area contributed by atoms with Gasteiger partial charge in [-0.25, -0.2) is 4.79 Å². The molecule has 0 spiro atoms. The van der Waals surface area contributed by atoms with Crippen molar-refractivity contribution in [2.24, 2.45) is 0 Å². The van der Waals surface area contributed by atoms with E-state index in [-0.39, 0.29) is 12.1 Å². The van der Waals surface area contributed by atoms with Crippen LogP contribution in [0.2, 0.25) is 0 Å². The van der Waals surface area contributed by atoms with Gasteiger partial charge >= 0.3 is 5.97 Å². The third kappa shape index (κ3) is 3.69. The highest BCUT2D eigenvalue weighted by Crippen LogP contribution is 2.40. The van der Waals surface area contributed by atoms with Gasteiger partial charge in [0.15, 0.2) is 0 Å². The lowest BCUT2D eigenvalue weighted by Gasteiger charge is -2.45. The molecular weight excluding hydrogens is 499 g/mol. The summed E-state index contributed by atoms with van der Waals surface area (Å²) in [6.07, 6.45) is -0.146. The largest absolute Gasteiger partial charge is 0.459 e. The second kappa shape index (κ2) is 7.86. The minimum absolute atomic E-state index is 0.146. The van der Waals surface area contributed by atoms with Crippen LogP contribution >= 0.6 is 22.6 Å². The lowest BCUT2D eigenvalue weighted by atomic mass is 9.92. The average Bonchev–Trinajstić information content (AvgIpc) is 2.72. The van der Waals surface area contributed by atoms with Gasteiger partial charge in [0.05, 0.1) is 18.3 Å². The Bertz CT molecular complexity index is 1190. The first kappa shape index (κ1) is 20.4. The number of nitrogens with zero attached hydrogens (tertiary/aromatic N) is 2. The molecule has 0 saturated carbocycles. The summed E-state index contributed by atoms with van der Waals surface area (Å²) in [5.74, 6) is -0.265. The molecule has 0 amide bonds. The van der Waals surface area contributed by atoms with Gasteiger partial charge in [0, 0.05) is 28.0 Å². The Kier molecular flexibility index (Phi) is 5.16. The third-order valence-electron chi connectivity index (χ3n) is 5.99. The predicted octanol–water partition coefficient (Wildman–Crippen LogP) is 6.13. The van der Waals surface area contributed by atoms with Crippen LogP contribution < -0.4 is 9.80 Å². The molecule has 5 rings (SSSR count). The summed E-state index contributed by atoms with van der Waals surface area (Å²) in [6.45, 7) is 8.52. The molecule has 2 heterocycles. The SMILES string of the molecule is Cc1cccc(C(=O)OC(C)C)c1-c1ccc2c(c1)CN1CN2Cc2cc(I)ccc21. The molecule has 2 bridgehead atoms. The number of rotatable bonds is 3. The number of aryl methyl sites for hydroxylation is 1. The van der Waals surface area contributed by atoms with Gasteiger partial charge in [-0.15, -0.1) is 0 Å². The quantitative estimate of drug-likeness (QED) is 0.305. The highest BCUT2D eigenvalue weighted by Gasteiger charge is 2.30. The highest BCUT2D eigenvalue weighted by atomic mass is 127. The summed E-state index contributed by atoms with van der Waals surface area (Å²) in [7, 11) is 0. The van der Waals surface area contributed by atoms with Gasteiger partial charge in [0.2, 0.25) is 0 Å². The number of ether oxygens (including phenoxy) is 1. The summed E-state index contributed by atoms with van der Waals surface area (Å²) in [4.78, 5) is 17.6. The molecule has 4 nitrogen and oxygen atoms in total. The van der Waals surface area contributed by atoms with Gasteiger partial charge in [-0.1, -0.05) is 18.2 Å². The number of benzene rings is 3. The van der Waals surface area contributed by atoms with E-state index in [2.05, 4.69) is 81.8 Å². The normalized spacial score (nSPS) is 14.4. The van der Waals surface area contributed by atoms with Crippen LogP contribution in [0.4, 0.5) is 11.4 Å². The Morgan fingerprint density at radius 2 is 1.65 bits per heavy atom. The Labute approximate surface area is 197 Å². The molecule has 31 heavy (non-hydrogen) atoms. The molecule has 2 aliphatic rings. The first-order valence-corrected chi connectivity index (χ1v) is 11.7. The monoisotopic (exact) mass is 524 g/mol. The molecule has 3 aromatic carbocycles. The molecule has 0 N–H and O–H groups in total. The number of esters is 1. The highest BCUT2D eigenvalue weighted by molar-refractivity contribution is 14.1. The van der Waals surface area contributed by atoms with E-state index in [1.54, 1.807) is 0 Å². The van der Waals surface area contributed by atoms with E-state index in [1.165, 1.54) is 26.1 Å². The smallest absolute Gasteiger partial charge is 0.339 e. The molecule has 0 fully saturated rings. The number of halogens is 1. The molecule has 5 heteroatoms. The van der Waals surface area contributed by atoms with Crippen molar-refractivity contribution < 1.29 is 9.53 Å². The summed E-state index contributed by atoms with van der Waals surface area (Å²) < 4.78 is 6.79.